The molecule has 2 saturated carbocycles. The number of nitrogens with one attached hydrogen (secondary N) is 1. The van der Waals surface area contributed by atoms with Gasteiger partial charge in [-0.2, -0.15) is 0 Å². The zero-order valence-electron chi connectivity index (χ0n) is 20.0. The Bertz CT molecular complexity index is 1390. The zero-order chi connectivity index (χ0) is 23.9. The zero-order valence-corrected chi connectivity index (χ0v) is 20.0. The van der Waals surface area contributed by atoms with Gasteiger partial charge in [0.1, 0.15) is 17.7 Å². The van der Waals surface area contributed by atoms with Crippen molar-refractivity contribution in [2.24, 2.45) is 5.92 Å². The number of carbonyl (C=O) groups is 1. The number of hydrogen-bond acceptors (Lipinski definition) is 4. The molecule has 2 heterocycles. The number of nitrogens with zero attached hydrogens (tertiary/aromatic N) is 2. The van der Waals surface area contributed by atoms with Crippen LogP contribution in [0.2, 0.25) is 0 Å². The van der Waals surface area contributed by atoms with Crippen LogP contribution in [0.3, 0.4) is 0 Å². The fourth-order valence-corrected chi connectivity index (χ4v) is 5.73. The number of hydrogen-bond donors (Lipinski definition) is 1. The fourth-order valence-electron chi connectivity index (χ4n) is 5.73. The average molecular weight is 472 g/mol. The standard InChI is InChI=1S/C29H30FN3O2/c1-17(28-32-26-11-9-20(15-27(26)33-28)29(34)35-22-3-2-4-22)18-5-7-19(8-6-18)23-13-14-31-25-12-10-21(30)16-24(23)25/h9-19,22H,2-8H2,1H3,(H,32,33)/t17-,18?,19?/m1/s1. The minimum atomic E-state index is -0.248. The molecule has 0 unspecified atom stereocenters. The number of imidazole rings is 1. The number of halogens is 1. The topological polar surface area (TPSA) is 67.9 Å². The second kappa shape index (κ2) is 9.06. The molecule has 0 spiro atoms. The van der Waals surface area contributed by atoms with Crippen molar-refractivity contribution >= 4 is 27.9 Å². The Balaban J connectivity index is 1.15. The Hall–Kier alpha value is -3.28. The van der Waals surface area contributed by atoms with Crippen LogP contribution in [0.4, 0.5) is 4.39 Å². The third-order valence-corrected chi connectivity index (χ3v) is 8.15. The normalized spacial score (nSPS) is 21.7. The number of H-pyrrole nitrogens is 1. The molecular weight excluding hydrogens is 441 g/mol. The molecular formula is C29H30FN3O2. The Morgan fingerprint density at radius 1 is 1.03 bits per heavy atom. The molecule has 2 aliphatic rings. The summed E-state index contributed by atoms with van der Waals surface area (Å²) in [6, 6.07) is 12.5. The lowest BCUT2D eigenvalue weighted by Crippen LogP contribution is -2.25. The van der Waals surface area contributed by atoms with Crippen molar-refractivity contribution in [1.29, 1.82) is 0 Å². The number of fused-ring (bicyclic) bond motifs is 2. The number of aromatic amines is 1. The van der Waals surface area contributed by atoms with Gasteiger partial charge in [0, 0.05) is 17.5 Å². The first-order valence-corrected chi connectivity index (χ1v) is 12.8. The fraction of sp³-hybridized carbons (Fsp3) is 0.414. The molecule has 2 aromatic heterocycles. The van der Waals surface area contributed by atoms with Crippen molar-refractivity contribution in [1.82, 2.24) is 15.0 Å². The van der Waals surface area contributed by atoms with Crippen LogP contribution in [-0.4, -0.2) is 27.0 Å². The van der Waals surface area contributed by atoms with Gasteiger partial charge in [-0.3, -0.25) is 4.98 Å². The number of carbonyl (C=O) groups excluding carboxylic acids is 1. The molecule has 0 saturated heterocycles. The summed E-state index contributed by atoms with van der Waals surface area (Å²) >= 11 is 0. The minimum Gasteiger partial charge on any atom is -0.459 e. The van der Waals surface area contributed by atoms with E-state index < -0.39 is 0 Å². The van der Waals surface area contributed by atoms with Crippen molar-refractivity contribution in [3.8, 4) is 0 Å². The smallest absolute Gasteiger partial charge is 0.338 e. The number of ether oxygens (including phenoxy) is 1. The van der Waals surface area contributed by atoms with Gasteiger partial charge in [0.25, 0.3) is 0 Å². The summed E-state index contributed by atoms with van der Waals surface area (Å²) in [6.45, 7) is 2.24. The van der Waals surface area contributed by atoms with Crippen LogP contribution < -0.4 is 0 Å². The van der Waals surface area contributed by atoms with Gasteiger partial charge in [-0.05, 0) is 105 Å². The molecule has 6 rings (SSSR count). The van der Waals surface area contributed by atoms with Gasteiger partial charge in [-0.25, -0.2) is 14.2 Å². The summed E-state index contributed by atoms with van der Waals surface area (Å²) in [5.74, 6) is 1.76. The van der Waals surface area contributed by atoms with Crippen LogP contribution >= 0.6 is 0 Å². The summed E-state index contributed by atoms with van der Waals surface area (Å²) in [7, 11) is 0. The van der Waals surface area contributed by atoms with Crippen LogP contribution in [-0.2, 0) is 4.74 Å². The number of pyridine rings is 1. The molecule has 0 amide bonds. The molecule has 1 N–H and O–H groups in total. The van der Waals surface area contributed by atoms with Gasteiger partial charge < -0.3 is 9.72 Å². The largest absolute Gasteiger partial charge is 0.459 e. The highest BCUT2D eigenvalue weighted by Crippen LogP contribution is 2.43. The van der Waals surface area contributed by atoms with E-state index in [1.807, 2.05) is 24.4 Å². The Kier molecular flexibility index (Phi) is 5.75. The van der Waals surface area contributed by atoms with E-state index in [9.17, 15) is 9.18 Å². The predicted molar refractivity (Wildman–Crippen MR) is 134 cm³/mol. The monoisotopic (exact) mass is 471 g/mol. The van der Waals surface area contributed by atoms with E-state index in [1.54, 1.807) is 12.1 Å². The van der Waals surface area contributed by atoms with Gasteiger partial charge in [-0.15, -0.1) is 0 Å². The maximum absolute atomic E-state index is 13.9. The SMILES string of the molecule is C[C@@H](c1nc2ccc(C(=O)OC3CCC3)cc2[nH]1)C1CCC(c2ccnc3ccc(F)cc23)CC1. The second-order valence-corrected chi connectivity index (χ2v) is 10.3. The lowest BCUT2D eigenvalue weighted by atomic mass is 9.73. The second-order valence-electron chi connectivity index (χ2n) is 10.3. The molecule has 0 aliphatic heterocycles. The quantitative estimate of drug-likeness (QED) is 0.317. The molecule has 6 heteroatoms. The van der Waals surface area contributed by atoms with E-state index >= 15 is 0 Å². The Morgan fingerprint density at radius 3 is 2.60 bits per heavy atom. The molecule has 1 atom stereocenters. The van der Waals surface area contributed by atoms with E-state index in [2.05, 4.69) is 23.0 Å². The van der Waals surface area contributed by atoms with Crippen molar-refractivity contribution in [2.75, 3.05) is 0 Å². The molecule has 0 bridgehead atoms. The number of benzene rings is 2. The van der Waals surface area contributed by atoms with Gasteiger partial charge in [0.2, 0.25) is 0 Å². The molecule has 2 aromatic carbocycles. The first-order chi connectivity index (χ1) is 17.0. The molecule has 35 heavy (non-hydrogen) atoms. The Morgan fingerprint density at radius 2 is 1.83 bits per heavy atom. The van der Waals surface area contributed by atoms with Gasteiger partial charge in [0.15, 0.2) is 0 Å². The van der Waals surface area contributed by atoms with Gasteiger partial charge in [0.05, 0.1) is 22.1 Å². The number of esters is 1. The number of rotatable bonds is 5. The van der Waals surface area contributed by atoms with Crippen molar-refractivity contribution in [3.63, 3.8) is 0 Å². The summed E-state index contributed by atoms with van der Waals surface area (Å²) in [5, 5.41) is 0.938. The summed E-state index contributed by atoms with van der Waals surface area (Å²) in [6.07, 6.45) is 9.33. The van der Waals surface area contributed by atoms with E-state index in [1.165, 1.54) is 11.6 Å². The highest BCUT2D eigenvalue weighted by Gasteiger charge is 2.29. The first kappa shape index (κ1) is 22.2. The van der Waals surface area contributed by atoms with E-state index in [0.29, 0.717) is 23.3 Å². The van der Waals surface area contributed by atoms with Crippen molar-refractivity contribution < 1.29 is 13.9 Å². The van der Waals surface area contributed by atoms with Gasteiger partial charge >= 0.3 is 5.97 Å². The molecule has 5 nitrogen and oxygen atoms in total. The number of aromatic nitrogens is 3. The molecule has 4 aromatic rings. The van der Waals surface area contributed by atoms with Gasteiger partial charge in [-0.1, -0.05) is 6.92 Å². The Labute approximate surface area is 204 Å². The maximum atomic E-state index is 13.9. The first-order valence-electron chi connectivity index (χ1n) is 12.8. The molecule has 2 aliphatic carbocycles. The third-order valence-electron chi connectivity index (χ3n) is 8.15. The average Bonchev–Trinajstić information content (AvgIpc) is 3.29. The maximum Gasteiger partial charge on any atom is 0.338 e. The van der Waals surface area contributed by atoms with E-state index in [4.69, 9.17) is 9.72 Å². The summed E-state index contributed by atoms with van der Waals surface area (Å²) in [5.41, 5.74) is 4.41. The lowest BCUT2D eigenvalue weighted by molar-refractivity contribution is 0.00902. The van der Waals surface area contributed by atoms with Crippen molar-refractivity contribution in [3.05, 3.63) is 71.4 Å². The van der Waals surface area contributed by atoms with Crippen LogP contribution in [0.15, 0.2) is 48.7 Å². The summed E-state index contributed by atoms with van der Waals surface area (Å²) < 4.78 is 19.5. The molecule has 2 fully saturated rings. The highest BCUT2D eigenvalue weighted by molar-refractivity contribution is 5.93. The highest BCUT2D eigenvalue weighted by atomic mass is 19.1. The molecule has 0 radical (unpaired) electrons. The lowest BCUT2D eigenvalue weighted by Gasteiger charge is -2.32. The minimum absolute atomic E-state index is 0.0786. The van der Waals surface area contributed by atoms with Crippen LogP contribution in [0.1, 0.15) is 85.5 Å². The van der Waals surface area contributed by atoms with Crippen LogP contribution in [0.25, 0.3) is 21.9 Å². The van der Waals surface area contributed by atoms with E-state index in [0.717, 1.165) is 72.7 Å². The summed E-state index contributed by atoms with van der Waals surface area (Å²) in [4.78, 5) is 25.2. The van der Waals surface area contributed by atoms with Crippen molar-refractivity contribution in [2.45, 2.75) is 69.8 Å². The van der Waals surface area contributed by atoms with Crippen LogP contribution in [0.5, 0.6) is 0 Å². The van der Waals surface area contributed by atoms with Crippen LogP contribution in [0, 0.1) is 11.7 Å². The van der Waals surface area contributed by atoms with E-state index in [-0.39, 0.29) is 17.9 Å². The predicted octanol–water partition coefficient (Wildman–Crippen LogP) is 7.04. The third kappa shape index (κ3) is 4.30. The molecule has 180 valence electrons.